The van der Waals surface area contributed by atoms with E-state index in [-0.39, 0.29) is 6.09 Å². The molecule has 0 saturated heterocycles. The third-order valence-corrected chi connectivity index (χ3v) is 4.08. The number of hydrogen-bond donors (Lipinski definition) is 0. The average Bonchev–Trinajstić information content (AvgIpc) is 2.61. The normalized spacial score (nSPS) is 13.5. The lowest BCUT2D eigenvalue weighted by molar-refractivity contribution is 0.133. The zero-order valence-electron chi connectivity index (χ0n) is 13.2. The van der Waals surface area contributed by atoms with Gasteiger partial charge in [0.05, 0.1) is 19.2 Å². The van der Waals surface area contributed by atoms with Gasteiger partial charge in [-0.05, 0) is 29.8 Å². The Hall–Kier alpha value is -3.08. The molecule has 120 valence electrons. The number of nitrogens with zero attached hydrogens (tertiary/aromatic N) is 2. The van der Waals surface area contributed by atoms with Crippen molar-refractivity contribution in [3.05, 3.63) is 65.7 Å². The van der Waals surface area contributed by atoms with Gasteiger partial charge in [0.15, 0.2) is 0 Å². The minimum Gasteiger partial charge on any atom is -0.497 e. The molecule has 0 aliphatic carbocycles. The van der Waals surface area contributed by atoms with Crippen molar-refractivity contribution in [1.29, 1.82) is 0 Å². The fourth-order valence-electron chi connectivity index (χ4n) is 2.85. The van der Waals surface area contributed by atoms with Crippen LogP contribution in [0.1, 0.15) is 11.1 Å². The fourth-order valence-corrected chi connectivity index (χ4v) is 2.85. The van der Waals surface area contributed by atoms with Crippen molar-refractivity contribution in [2.45, 2.75) is 13.1 Å². The van der Waals surface area contributed by atoms with Crippen LogP contribution in [-0.4, -0.2) is 23.1 Å². The number of amides is 1. The number of ether oxygens (including phenoxy) is 2. The third kappa shape index (κ3) is 2.65. The summed E-state index contributed by atoms with van der Waals surface area (Å²) in [7, 11) is 1.64. The van der Waals surface area contributed by atoms with Crippen LogP contribution in [0.25, 0.3) is 10.9 Å². The molecule has 2 aromatic carbocycles. The average molecular weight is 320 g/mol. The van der Waals surface area contributed by atoms with Crippen LogP contribution >= 0.6 is 0 Å². The topological polar surface area (TPSA) is 51.7 Å². The molecule has 4 rings (SSSR count). The summed E-state index contributed by atoms with van der Waals surface area (Å²) in [5, 5.41) is 0.964. The van der Waals surface area contributed by atoms with E-state index in [2.05, 4.69) is 4.98 Å². The molecule has 24 heavy (non-hydrogen) atoms. The van der Waals surface area contributed by atoms with E-state index >= 15 is 0 Å². The molecule has 2 heterocycles. The maximum atomic E-state index is 12.2. The van der Waals surface area contributed by atoms with Crippen LogP contribution in [0.3, 0.4) is 0 Å². The molecule has 1 aliphatic rings. The summed E-state index contributed by atoms with van der Waals surface area (Å²) in [6.45, 7) is 0.985. The Morgan fingerprint density at radius 1 is 1.17 bits per heavy atom. The summed E-state index contributed by atoms with van der Waals surface area (Å²) in [5.41, 5.74) is 2.73. The summed E-state index contributed by atoms with van der Waals surface area (Å²) in [5.74, 6) is 1.17. The zero-order chi connectivity index (χ0) is 16.5. The molecular weight excluding hydrogens is 304 g/mol. The number of hydrogen-bond acceptors (Lipinski definition) is 4. The van der Waals surface area contributed by atoms with E-state index in [1.165, 1.54) is 0 Å². The summed E-state index contributed by atoms with van der Waals surface area (Å²) in [6.07, 6.45) is -0.369. The Labute approximate surface area is 139 Å². The predicted molar refractivity (Wildman–Crippen MR) is 90.0 cm³/mol. The number of aromatic nitrogens is 1. The molecule has 1 aromatic heterocycles. The van der Waals surface area contributed by atoms with E-state index in [0.29, 0.717) is 19.0 Å². The van der Waals surface area contributed by atoms with Crippen LogP contribution in [0, 0.1) is 0 Å². The highest BCUT2D eigenvalue weighted by atomic mass is 16.6. The number of methoxy groups -OCH3 is 1. The standard InChI is InChI=1S/C19H16N2O3/c1-23-16-7-8-17-14(10-16)9-15-12-21(19(22)24-18(15)20-17)11-13-5-3-2-4-6-13/h2-10H,11-12H2,1H3. The maximum Gasteiger partial charge on any atom is 0.417 e. The van der Waals surface area contributed by atoms with Crippen LogP contribution < -0.4 is 9.47 Å². The van der Waals surface area contributed by atoms with Crippen molar-refractivity contribution in [1.82, 2.24) is 9.88 Å². The quantitative estimate of drug-likeness (QED) is 0.737. The van der Waals surface area contributed by atoms with Crippen LogP contribution in [0.5, 0.6) is 11.6 Å². The molecule has 5 heteroatoms. The molecule has 1 aliphatic heterocycles. The van der Waals surface area contributed by atoms with Gasteiger partial charge in [0.2, 0.25) is 5.88 Å². The lowest BCUT2D eigenvalue weighted by atomic mass is 10.1. The predicted octanol–water partition coefficient (Wildman–Crippen LogP) is 3.76. The first kappa shape index (κ1) is 14.5. The van der Waals surface area contributed by atoms with Crippen LogP contribution in [0.4, 0.5) is 4.79 Å². The molecule has 0 unspecified atom stereocenters. The van der Waals surface area contributed by atoms with Crippen molar-refractivity contribution in [2.75, 3.05) is 7.11 Å². The molecule has 5 nitrogen and oxygen atoms in total. The van der Waals surface area contributed by atoms with Gasteiger partial charge in [-0.1, -0.05) is 30.3 Å². The van der Waals surface area contributed by atoms with Gasteiger partial charge in [0, 0.05) is 17.5 Å². The van der Waals surface area contributed by atoms with E-state index in [1.807, 2.05) is 54.6 Å². The third-order valence-electron chi connectivity index (χ3n) is 4.08. The molecule has 0 bridgehead atoms. The smallest absolute Gasteiger partial charge is 0.417 e. The number of benzene rings is 2. The molecule has 3 aromatic rings. The van der Waals surface area contributed by atoms with Crippen molar-refractivity contribution in [3.8, 4) is 11.6 Å². The molecule has 0 atom stereocenters. The van der Waals surface area contributed by atoms with Crippen molar-refractivity contribution < 1.29 is 14.3 Å². The minimum atomic E-state index is -0.369. The van der Waals surface area contributed by atoms with E-state index < -0.39 is 0 Å². The molecule has 0 radical (unpaired) electrons. The first-order valence-corrected chi connectivity index (χ1v) is 7.71. The van der Waals surface area contributed by atoms with E-state index in [4.69, 9.17) is 9.47 Å². The van der Waals surface area contributed by atoms with Gasteiger partial charge in [-0.2, -0.15) is 0 Å². The minimum absolute atomic E-state index is 0.369. The van der Waals surface area contributed by atoms with Crippen LogP contribution in [-0.2, 0) is 13.1 Å². The molecular formula is C19H16N2O3. The first-order chi connectivity index (χ1) is 11.7. The Balaban J connectivity index is 1.67. The molecule has 0 N–H and O–H groups in total. The summed E-state index contributed by atoms with van der Waals surface area (Å²) < 4.78 is 10.7. The maximum absolute atomic E-state index is 12.2. The van der Waals surface area contributed by atoms with E-state index in [1.54, 1.807) is 12.0 Å². The molecule has 0 fully saturated rings. The highest BCUT2D eigenvalue weighted by molar-refractivity contribution is 5.83. The summed E-state index contributed by atoms with van der Waals surface area (Å²) in [4.78, 5) is 18.4. The zero-order valence-corrected chi connectivity index (χ0v) is 13.2. The van der Waals surface area contributed by atoms with Gasteiger partial charge in [-0.25, -0.2) is 9.78 Å². The Kier molecular flexibility index (Phi) is 3.54. The molecule has 0 saturated carbocycles. The van der Waals surface area contributed by atoms with Crippen LogP contribution in [0.15, 0.2) is 54.6 Å². The number of carbonyl (C=O) groups excluding carboxylic acids is 1. The van der Waals surface area contributed by atoms with E-state index in [9.17, 15) is 4.79 Å². The molecule has 0 spiro atoms. The van der Waals surface area contributed by atoms with Crippen molar-refractivity contribution >= 4 is 17.0 Å². The second-order valence-electron chi connectivity index (χ2n) is 5.72. The number of carbonyl (C=O) groups is 1. The Bertz CT molecular complexity index is 909. The van der Waals surface area contributed by atoms with Gasteiger partial charge >= 0.3 is 6.09 Å². The van der Waals surface area contributed by atoms with Crippen molar-refractivity contribution in [2.24, 2.45) is 0 Å². The lowest BCUT2D eigenvalue weighted by Crippen LogP contribution is -2.36. The van der Waals surface area contributed by atoms with Gasteiger partial charge in [0.25, 0.3) is 0 Å². The largest absolute Gasteiger partial charge is 0.497 e. The first-order valence-electron chi connectivity index (χ1n) is 7.71. The molecule has 1 amide bonds. The Morgan fingerprint density at radius 3 is 2.79 bits per heavy atom. The monoisotopic (exact) mass is 320 g/mol. The van der Waals surface area contributed by atoms with Crippen molar-refractivity contribution in [3.63, 3.8) is 0 Å². The van der Waals surface area contributed by atoms with Gasteiger partial charge in [0.1, 0.15) is 5.75 Å². The second kappa shape index (κ2) is 5.85. The van der Waals surface area contributed by atoms with Gasteiger partial charge in [-0.15, -0.1) is 0 Å². The summed E-state index contributed by atoms with van der Waals surface area (Å²) in [6, 6.07) is 17.5. The number of pyridine rings is 1. The second-order valence-corrected chi connectivity index (χ2v) is 5.72. The lowest BCUT2D eigenvalue weighted by Gasteiger charge is -2.27. The highest BCUT2D eigenvalue weighted by Crippen LogP contribution is 2.30. The van der Waals surface area contributed by atoms with Gasteiger partial charge < -0.3 is 9.47 Å². The van der Waals surface area contributed by atoms with Gasteiger partial charge in [-0.3, -0.25) is 4.90 Å². The van der Waals surface area contributed by atoms with Crippen LogP contribution in [0.2, 0.25) is 0 Å². The summed E-state index contributed by atoms with van der Waals surface area (Å²) >= 11 is 0. The fraction of sp³-hybridized carbons (Fsp3) is 0.158. The SMILES string of the molecule is COc1ccc2nc3c(cc2c1)CN(Cc1ccccc1)C(=O)O3. The number of fused-ring (bicyclic) bond motifs is 2. The highest BCUT2D eigenvalue weighted by Gasteiger charge is 2.26. The van der Waals surface area contributed by atoms with E-state index in [0.717, 1.165) is 27.8 Å². The number of rotatable bonds is 3. The Morgan fingerprint density at radius 2 is 2.00 bits per heavy atom.